The van der Waals surface area contributed by atoms with Gasteiger partial charge in [0.1, 0.15) is 11.6 Å². The van der Waals surface area contributed by atoms with E-state index in [1.807, 2.05) is 12.1 Å². The van der Waals surface area contributed by atoms with Crippen LogP contribution in [0.1, 0.15) is 18.4 Å². The minimum atomic E-state index is -0.253. The van der Waals surface area contributed by atoms with Crippen LogP contribution in [0.15, 0.2) is 35.1 Å². The Labute approximate surface area is 133 Å². The van der Waals surface area contributed by atoms with E-state index >= 15 is 0 Å². The molecule has 6 heteroatoms. The van der Waals surface area contributed by atoms with Crippen LogP contribution in [0.4, 0.5) is 10.2 Å². The third kappa shape index (κ3) is 2.69. The zero-order valence-electron chi connectivity index (χ0n) is 12.7. The van der Waals surface area contributed by atoms with Gasteiger partial charge in [-0.05, 0) is 30.5 Å². The first-order valence-electron chi connectivity index (χ1n) is 7.96. The fourth-order valence-corrected chi connectivity index (χ4v) is 3.46. The van der Waals surface area contributed by atoms with Crippen molar-refractivity contribution in [2.75, 3.05) is 18.1 Å². The van der Waals surface area contributed by atoms with Gasteiger partial charge in [0.15, 0.2) is 0 Å². The quantitative estimate of drug-likeness (QED) is 0.866. The molecule has 1 atom stereocenters. The number of hydrogen-bond acceptors (Lipinski definition) is 4. The summed E-state index contributed by atoms with van der Waals surface area (Å²) in [5, 5.41) is 0. The Morgan fingerprint density at radius 1 is 1.35 bits per heavy atom. The highest BCUT2D eigenvalue weighted by Crippen LogP contribution is 2.32. The van der Waals surface area contributed by atoms with Crippen LogP contribution in [-0.2, 0) is 13.0 Å². The molecule has 0 amide bonds. The van der Waals surface area contributed by atoms with E-state index in [9.17, 15) is 9.18 Å². The standard InChI is InChI=1S/C17H18FN3O2/c18-13-4-1-3-12(9-13)6-8-23-15-10-16-20-7-2-5-14(20)11-21(16)17(22)19-15/h1,3-4,9-10,14H,2,5-8,11H2. The summed E-state index contributed by atoms with van der Waals surface area (Å²) in [7, 11) is 0. The number of fused-ring (bicyclic) bond motifs is 3. The number of benzene rings is 1. The lowest BCUT2D eigenvalue weighted by Crippen LogP contribution is -2.24. The maximum atomic E-state index is 13.1. The van der Waals surface area contributed by atoms with Gasteiger partial charge < -0.3 is 9.64 Å². The Kier molecular flexibility index (Phi) is 3.52. The molecule has 0 aliphatic carbocycles. The molecule has 3 heterocycles. The van der Waals surface area contributed by atoms with Gasteiger partial charge in [0.25, 0.3) is 0 Å². The average molecular weight is 315 g/mol. The highest BCUT2D eigenvalue weighted by atomic mass is 19.1. The topological polar surface area (TPSA) is 47.4 Å². The van der Waals surface area contributed by atoms with Gasteiger partial charge in [0, 0.05) is 31.6 Å². The fourth-order valence-electron chi connectivity index (χ4n) is 3.46. The van der Waals surface area contributed by atoms with E-state index in [4.69, 9.17) is 4.74 Å². The molecule has 0 bridgehead atoms. The molecule has 0 N–H and O–H groups in total. The van der Waals surface area contributed by atoms with E-state index in [0.717, 1.165) is 37.3 Å². The Balaban J connectivity index is 1.47. The van der Waals surface area contributed by atoms with Gasteiger partial charge in [-0.3, -0.25) is 4.57 Å². The summed E-state index contributed by atoms with van der Waals surface area (Å²) < 4.78 is 20.5. The van der Waals surface area contributed by atoms with Crippen molar-refractivity contribution in [3.05, 3.63) is 52.2 Å². The summed E-state index contributed by atoms with van der Waals surface area (Å²) in [5.74, 6) is 1.01. The molecule has 1 aromatic carbocycles. The number of halogens is 1. The molecule has 0 saturated carbocycles. The SMILES string of the molecule is O=c1nc(OCCc2cccc(F)c2)cc2n1CC1CCCN21. The van der Waals surface area contributed by atoms with Crippen LogP contribution < -0.4 is 15.3 Å². The molecule has 120 valence electrons. The highest BCUT2D eigenvalue weighted by molar-refractivity contribution is 5.48. The predicted molar refractivity (Wildman–Crippen MR) is 84.5 cm³/mol. The van der Waals surface area contributed by atoms with Crippen molar-refractivity contribution in [3.63, 3.8) is 0 Å². The first kappa shape index (κ1) is 14.2. The van der Waals surface area contributed by atoms with Crippen molar-refractivity contribution in [1.29, 1.82) is 0 Å². The summed E-state index contributed by atoms with van der Waals surface area (Å²) in [6, 6.07) is 8.71. The molecular formula is C17H18FN3O2. The number of ether oxygens (including phenoxy) is 1. The predicted octanol–water partition coefficient (Wildman–Crippen LogP) is 1.99. The lowest BCUT2D eigenvalue weighted by atomic mass is 10.2. The van der Waals surface area contributed by atoms with Gasteiger partial charge in [0.05, 0.1) is 6.61 Å². The second-order valence-electron chi connectivity index (χ2n) is 6.06. The van der Waals surface area contributed by atoms with Crippen LogP contribution in [0.25, 0.3) is 0 Å². The van der Waals surface area contributed by atoms with Crippen LogP contribution in [0.3, 0.4) is 0 Å². The Bertz CT molecular complexity index is 790. The molecule has 4 rings (SSSR count). The smallest absolute Gasteiger partial charge is 0.352 e. The lowest BCUT2D eigenvalue weighted by molar-refractivity contribution is 0.307. The van der Waals surface area contributed by atoms with Crippen LogP contribution in [0.5, 0.6) is 5.88 Å². The van der Waals surface area contributed by atoms with E-state index in [1.165, 1.54) is 12.1 Å². The molecule has 23 heavy (non-hydrogen) atoms. The zero-order chi connectivity index (χ0) is 15.8. The van der Waals surface area contributed by atoms with Crippen molar-refractivity contribution in [2.24, 2.45) is 0 Å². The molecule has 2 aliphatic rings. The summed E-state index contributed by atoms with van der Waals surface area (Å²) in [6.45, 7) is 2.07. The van der Waals surface area contributed by atoms with Crippen molar-refractivity contribution >= 4 is 5.82 Å². The Morgan fingerprint density at radius 3 is 3.13 bits per heavy atom. The third-order valence-corrected chi connectivity index (χ3v) is 4.56. The molecular weight excluding hydrogens is 297 g/mol. The summed E-state index contributed by atoms with van der Waals surface area (Å²) in [4.78, 5) is 18.4. The molecule has 0 radical (unpaired) electrons. The first-order chi connectivity index (χ1) is 11.2. The number of nitrogens with zero attached hydrogens (tertiary/aromatic N) is 3. The number of aromatic nitrogens is 2. The lowest BCUT2D eigenvalue weighted by Gasteiger charge is -2.17. The Hall–Kier alpha value is -2.37. The van der Waals surface area contributed by atoms with Crippen molar-refractivity contribution in [3.8, 4) is 5.88 Å². The second-order valence-corrected chi connectivity index (χ2v) is 6.06. The van der Waals surface area contributed by atoms with E-state index < -0.39 is 0 Å². The van der Waals surface area contributed by atoms with Crippen molar-refractivity contribution in [1.82, 2.24) is 9.55 Å². The molecule has 5 nitrogen and oxygen atoms in total. The maximum absolute atomic E-state index is 13.1. The monoisotopic (exact) mass is 315 g/mol. The van der Waals surface area contributed by atoms with E-state index in [1.54, 1.807) is 10.6 Å². The highest BCUT2D eigenvalue weighted by Gasteiger charge is 2.34. The van der Waals surface area contributed by atoms with Crippen LogP contribution in [-0.4, -0.2) is 28.7 Å². The van der Waals surface area contributed by atoms with Crippen LogP contribution in [0, 0.1) is 5.82 Å². The molecule has 2 aromatic rings. The molecule has 0 spiro atoms. The summed E-state index contributed by atoms with van der Waals surface area (Å²) >= 11 is 0. The van der Waals surface area contributed by atoms with Crippen molar-refractivity contribution in [2.45, 2.75) is 31.8 Å². The molecule has 1 aromatic heterocycles. The fraction of sp³-hybridized carbons (Fsp3) is 0.412. The molecule has 1 unspecified atom stereocenters. The maximum Gasteiger partial charge on any atom is 0.352 e. The van der Waals surface area contributed by atoms with Gasteiger partial charge in [-0.1, -0.05) is 12.1 Å². The van der Waals surface area contributed by atoms with Gasteiger partial charge in [0.2, 0.25) is 5.88 Å². The summed E-state index contributed by atoms with van der Waals surface area (Å²) in [5.41, 5.74) is 0.611. The summed E-state index contributed by atoms with van der Waals surface area (Å²) in [6.07, 6.45) is 2.86. The first-order valence-corrected chi connectivity index (χ1v) is 7.96. The van der Waals surface area contributed by atoms with Gasteiger partial charge in [-0.25, -0.2) is 9.18 Å². The van der Waals surface area contributed by atoms with E-state index in [0.29, 0.717) is 24.9 Å². The minimum Gasteiger partial charge on any atom is -0.477 e. The largest absolute Gasteiger partial charge is 0.477 e. The van der Waals surface area contributed by atoms with Crippen LogP contribution >= 0.6 is 0 Å². The van der Waals surface area contributed by atoms with Crippen LogP contribution in [0.2, 0.25) is 0 Å². The normalized spacial score (nSPS) is 18.8. The van der Waals surface area contributed by atoms with Gasteiger partial charge in [-0.15, -0.1) is 0 Å². The molecule has 1 saturated heterocycles. The molecule has 1 fully saturated rings. The van der Waals surface area contributed by atoms with E-state index in [-0.39, 0.29) is 11.5 Å². The van der Waals surface area contributed by atoms with Crippen molar-refractivity contribution < 1.29 is 9.13 Å². The second kappa shape index (κ2) is 5.68. The minimum absolute atomic E-state index is 0.252. The zero-order valence-corrected chi connectivity index (χ0v) is 12.7. The third-order valence-electron chi connectivity index (χ3n) is 4.56. The van der Waals surface area contributed by atoms with E-state index in [2.05, 4.69) is 9.88 Å². The number of anilines is 1. The number of rotatable bonds is 4. The van der Waals surface area contributed by atoms with Gasteiger partial charge >= 0.3 is 5.69 Å². The molecule has 2 aliphatic heterocycles. The average Bonchev–Trinajstić information content (AvgIpc) is 3.09. The number of hydrogen-bond donors (Lipinski definition) is 0. The van der Waals surface area contributed by atoms with Gasteiger partial charge in [-0.2, -0.15) is 4.98 Å². The Morgan fingerprint density at radius 2 is 2.26 bits per heavy atom.